The maximum Gasteiger partial charge on any atom is 0.390 e. The van der Waals surface area contributed by atoms with Gasteiger partial charge in [0, 0.05) is 46.9 Å². The van der Waals surface area contributed by atoms with Crippen LogP contribution in [0.15, 0.2) is 97.1 Å². The fourth-order valence-corrected chi connectivity index (χ4v) is 23.5. The van der Waals surface area contributed by atoms with E-state index in [1.807, 2.05) is 0 Å². The summed E-state index contributed by atoms with van der Waals surface area (Å²) in [6.07, 6.45) is 0. The van der Waals surface area contributed by atoms with E-state index in [2.05, 4.69) is 186 Å². The van der Waals surface area contributed by atoms with E-state index < -0.39 is 25.7 Å². The van der Waals surface area contributed by atoms with Crippen molar-refractivity contribution >= 4 is 46.4 Å². The second-order valence-corrected chi connectivity index (χ2v) is 24.4. The van der Waals surface area contributed by atoms with Crippen molar-refractivity contribution in [3.63, 3.8) is 0 Å². The Kier molecular flexibility index (Phi) is 11.4. The normalized spacial score (nSPS) is 17.0. The van der Waals surface area contributed by atoms with E-state index in [0.29, 0.717) is 0 Å². The van der Waals surface area contributed by atoms with Gasteiger partial charge in [-0.25, -0.2) is 0 Å². The average Bonchev–Trinajstić information content (AvgIpc) is 3.00. The van der Waals surface area contributed by atoms with Gasteiger partial charge in [-0.15, -0.1) is 0 Å². The topological polar surface area (TPSA) is 40.7 Å². The van der Waals surface area contributed by atoms with E-state index in [0.717, 1.165) is 26.2 Å². The van der Waals surface area contributed by atoms with Crippen molar-refractivity contribution in [1.82, 2.24) is 19.6 Å². The van der Waals surface area contributed by atoms with E-state index >= 15 is 0 Å². The van der Waals surface area contributed by atoms with Crippen molar-refractivity contribution in [3.8, 4) is 0 Å². The summed E-state index contributed by atoms with van der Waals surface area (Å²) in [6, 6.07) is 35.2. The van der Waals surface area contributed by atoms with Gasteiger partial charge in [-0.1, -0.05) is 97.1 Å². The first-order chi connectivity index (χ1) is 22.8. The third-order valence-electron chi connectivity index (χ3n) is 8.50. The lowest BCUT2D eigenvalue weighted by Gasteiger charge is -2.53. The van der Waals surface area contributed by atoms with Gasteiger partial charge in [0.25, 0.3) is 0 Å². The Hall–Kier alpha value is -2.75. The molecule has 5 rings (SSSR count). The monoisotopic (exact) mass is 698 g/mol. The maximum atomic E-state index is 8.22. The predicted molar refractivity (Wildman–Crippen MR) is 206 cm³/mol. The summed E-state index contributed by atoms with van der Waals surface area (Å²) in [5.41, 5.74) is 4.91. The average molecular weight is 699 g/mol. The Labute approximate surface area is 292 Å². The van der Waals surface area contributed by atoms with E-state index in [9.17, 15) is 0 Å². The van der Waals surface area contributed by atoms with Gasteiger partial charge < -0.3 is 31.9 Å². The first-order valence-corrected chi connectivity index (χ1v) is 23.2. The van der Waals surface area contributed by atoms with Crippen LogP contribution in [0.5, 0.6) is 0 Å². The van der Waals surface area contributed by atoms with Crippen molar-refractivity contribution in [1.29, 1.82) is 0 Å². The number of rotatable bonds is 12. The SMILES string of the molecule is CN(C)Cc1ccccc1[Si]1(c2ccccc2CN(C)C)O[Si](C)(C)O[Si](c2ccccc2CN(C)C)(c2ccccc2CN(C)C)O1. The predicted octanol–water partition coefficient (Wildman–Crippen LogP) is 3.51. The Balaban J connectivity index is 1.95. The molecule has 0 unspecified atom stereocenters. The van der Waals surface area contributed by atoms with Gasteiger partial charge >= 0.3 is 25.7 Å². The Bertz CT molecular complexity index is 1470. The molecule has 0 amide bonds. The van der Waals surface area contributed by atoms with Crippen LogP contribution in [0, 0.1) is 0 Å². The summed E-state index contributed by atoms with van der Waals surface area (Å²) in [6.45, 7) is 7.56. The van der Waals surface area contributed by atoms with Crippen LogP contribution >= 0.6 is 0 Å². The quantitative estimate of drug-likeness (QED) is 0.210. The Morgan fingerprint density at radius 3 is 0.833 bits per heavy atom. The van der Waals surface area contributed by atoms with Crippen LogP contribution in [-0.2, 0) is 38.5 Å². The summed E-state index contributed by atoms with van der Waals surface area (Å²) in [4.78, 5) is 8.94. The first kappa shape index (κ1) is 36.5. The molecule has 1 heterocycles. The van der Waals surface area contributed by atoms with Gasteiger partial charge in [0.2, 0.25) is 0 Å². The molecular weight excluding hydrogens is 645 g/mol. The molecule has 4 aromatic rings. The maximum absolute atomic E-state index is 8.22. The van der Waals surface area contributed by atoms with Crippen molar-refractivity contribution < 1.29 is 12.3 Å². The fourth-order valence-electron chi connectivity index (χ4n) is 6.97. The summed E-state index contributed by atoms with van der Waals surface area (Å²) in [5, 5.41) is 4.67. The number of nitrogens with zero attached hydrogens (tertiary/aromatic N) is 4. The van der Waals surface area contributed by atoms with Crippen LogP contribution in [0.2, 0.25) is 13.1 Å². The van der Waals surface area contributed by atoms with Crippen molar-refractivity contribution in [2.24, 2.45) is 0 Å². The molecule has 0 radical (unpaired) electrons. The van der Waals surface area contributed by atoms with Crippen molar-refractivity contribution in [2.45, 2.75) is 39.3 Å². The van der Waals surface area contributed by atoms with Crippen LogP contribution in [0.3, 0.4) is 0 Å². The van der Waals surface area contributed by atoms with Crippen LogP contribution < -0.4 is 20.7 Å². The highest BCUT2D eigenvalue weighted by Gasteiger charge is 2.64. The molecule has 7 nitrogen and oxygen atoms in total. The summed E-state index contributed by atoms with van der Waals surface area (Å²) in [7, 11) is 7.12. The largest absolute Gasteiger partial charge is 0.409 e. The zero-order chi connectivity index (χ0) is 34.7. The second-order valence-electron chi connectivity index (χ2n) is 14.5. The molecule has 0 bridgehead atoms. The highest BCUT2D eigenvalue weighted by Crippen LogP contribution is 2.34. The molecule has 0 atom stereocenters. The highest BCUT2D eigenvalue weighted by atomic mass is 28.5. The third-order valence-corrected chi connectivity index (χ3v) is 21.8. The molecule has 4 aromatic carbocycles. The van der Waals surface area contributed by atoms with Gasteiger partial charge in [-0.2, -0.15) is 0 Å². The van der Waals surface area contributed by atoms with E-state index in [1.54, 1.807) is 0 Å². The number of hydrogen-bond acceptors (Lipinski definition) is 7. The van der Waals surface area contributed by atoms with Gasteiger partial charge in [-0.05, 0) is 91.7 Å². The third kappa shape index (κ3) is 7.84. The van der Waals surface area contributed by atoms with E-state index in [-0.39, 0.29) is 0 Å². The van der Waals surface area contributed by atoms with Crippen molar-refractivity contribution in [3.05, 3.63) is 119 Å². The summed E-state index contributed by atoms with van der Waals surface area (Å²) >= 11 is 0. The molecule has 48 heavy (non-hydrogen) atoms. The van der Waals surface area contributed by atoms with Crippen LogP contribution in [0.25, 0.3) is 0 Å². The minimum atomic E-state index is -3.50. The lowest BCUT2D eigenvalue weighted by molar-refractivity contribution is 0.256. The first-order valence-electron chi connectivity index (χ1n) is 16.8. The zero-order valence-electron chi connectivity index (χ0n) is 30.6. The highest BCUT2D eigenvalue weighted by molar-refractivity contribution is 7.11. The van der Waals surface area contributed by atoms with Crippen molar-refractivity contribution in [2.75, 3.05) is 56.4 Å². The smallest absolute Gasteiger partial charge is 0.390 e. The van der Waals surface area contributed by atoms with Crippen LogP contribution in [0.1, 0.15) is 22.3 Å². The minimum Gasteiger partial charge on any atom is -0.409 e. The lowest BCUT2D eigenvalue weighted by atomic mass is 10.2. The van der Waals surface area contributed by atoms with E-state index in [4.69, 9.17) is 12.3 Å². The zero-order valence-corrected chi connectivity index (χ0v) is 33.6. The molecule has 10 heteroatoms. The molecule has 256 valence electrons. The lowest BCUT2D eigenvalue weighted by Crippen LogP contribution is -2.84. The molecule has 0 aromatic heterocycles. The van der Waals surface area contributed by atoms with Gasteiger partial charge in [-0.3, -0.25) is 0 Å². The second kappa shape index (κ2) is 15.0. The Morgan fingerprint density at radius 1 is 0.375 bits per heavy atom. The molecule has 0 spiro atoms. The van der Waals surface area contributed by atoms with E-state index in [1.165, 1.54) is 43.0 Å². The van der Waals surface area contributed by atoms with Gasteiger partial charge in [0.15, 0.2) is 0 Å². The molecule has 1 aliphatic rings. The fraction of sp³-hybridized carbons (Fsp3) is 0.368. The van der Waals surface area contributed by atoms with Gasteiger partial charge in [0.1, 0.15) is 0 Å². The standard InChI is InChI=1S/C38H54N4O3Si3/c1-39(2)27-31-19-11-15-23-35(31)47(36-24-16-12-20-32(36)28-40(3)4)43-46(9,10)44-48(45-47,37-25-17-13-21-33(37)29-41(5)6)38-26-18-14-22-34(38)30-42(7)8/h11-26H,27-30H2,1-10H3. The molecule has 1 aliphatic heterocycles. The molecule has 0 saturated carbocycles. The molecular formula is C38H54N4O3Si3. The van der Waals surface area contributed by atoms with Gasteiger partial charge in [0.05, 0.1) is 0 Å². The number of hydrogen-bond donors (Lipinski definition) is 0. The van der Waals surface area contributed by atoms with Crippen LogP contribution in [-0.4, -0.2) is 102 Å². The molecule has 0 N–H and O–H groups in total. The molecule has 0 aliphatic carbocycles. The number of benzene rings is 4. The summed E-state index contributed by atoms with van der Waals surface area (Å²) < 4.78 is 23.5. The minimum absolute atomic E-state index is 0.777. The Morgan fingerprint density at radius 2 is 0.604 bits per heavy atom. The molecule has 1 saturated heterocycles. The summed E-state index contributed by atoms with van der Waals surface area (Å²) in [5.74, 6) is 0. The van der Waals surface area contributed by atoms with Crippen LogP contribution in [0.4, 0.5) is 0 Å². The molecule has 1 fully saturated rings.